The van der Waals surface area contributed by atoms with Gasteiger partial charge in [-0.2, -0.15) is 0 Å². The average molecular weight is 431 g/mol. The molecule has 2 aliphatic heterocycles. The molecular formula is C27H42O4. The van der Waals surface area contributed by atoms with E-state index in [1.807, 2.05) is 6.92 Å². The van der Waals surface area contributed by atoms with Crippen LogP contribution < -0.4 is 0 Å². The van der Waals surface area contributed by atoms with Crippen LogP contribution >= 0.6 is 0 Å². The molecule has 0 amide bonds. The molecule has 0 aromatic carbocycles. The van der Waals surface area contributed by atoms with E-state index >= 15 is 0 Å². The Morgan fingerprint density at radius 3 is 2.58 bits per heavy atom. The molecule has 4 aliphatic carbocycles. The van der Waals surface area contributed by atoms with Crippen LogP contribution in [0.2, 0.25) is 0 Å². The predicted molar refractivity (Wildman–Crippen MR) is 119 cm³/mol. The molecule has 0 radical (unpaired) electrons. The van der Waals surface area contributed by atoms with Crippen molar-refractivity contribution in [3.8, 4) is 0 Å². The number of allylic oxidation sites excluding steroid dienone is 1. The van der Waals surface area contributed by atoms with Gasteiger partial charge in [0.1, 0.15) is 0 Å². The summed E-state index contributed by atoms with van der Waals surface area (Å²) in [5.41, 5.74) is 1.47. The molecule has 4 heteroatoms. The molecule has 3 saturated carbocycles. The van der Waals surface area contributed by atoms with E-state index in [9.17, 15) is 10.2 Å². The Labute approximate surface area is 187 Å². The van der Waals surface area contributed by atoms with E-state index in [4.69, 9.17) is 9.47 Å². The Balaban J connectivity index is 1.27. The zero-order valence-electron chi connectivity index (χ0n) is 19.9. The predicted octanol–water partition coefficient (Wildman–Crippen LogP) is 4.83. The number of ether oxygens (including phenoxy) is 2. The lowest BCUT2D eigenvalue weighted by atomic mass is 9.47. The summed E-state index contributed by atoms with van der Waals surface area (Å²) >= 11 is 0. The molecule has 2 heterocycles. The van der Waals surface area contributed by atoms with Crippen molar-refractivity contribution in [1.29, 1.82) is 0 Å². The Hall–Kier alpha value is -0.420. The molecule has 0 aromatic heterocycles. The first-order chi connectivity index (χ1) is 14.6. The molecule has 11 atom stereocenters. The number of aliphatic hydroxyl groups excluding tert-OH is 1. The quantitative estimate of drug-likeness (QED) is 0.541. The fraction of sp³-hybridized carbons (Fsp3) is 0.926. The first kappa shape index (κ1) is 21.1. The van der Waals surface area contributed by atoms with E-state index in [1.165, 1.54) is 25.7 Å². The van der Waals surface area contributed by atoms with Gasteiger partial charge in [-0.1, -0.05) is 32.4 Å². The maximum Gasteiger partial charge on any atom is 0.171 e. The van der Waals surface area contributed by atoms with E-state index in [-0.39, 0.29) is 6.10 Å². The summed E-state index contributed by atoms with van der Waals surface area (Å²) in [5, 5.41) is 20.7. The van der Waals surface area contributed by atoms with Gasteiger partial charge >= 0.3 is 0 Å². The third-order valence-electron chi connectivity index (χ3n) is 11.4. The van der Waals surface area contributed by atoms with Crippen LogP contribution in [-0.2, 0) is 9.47 Å². The maximum absolute atomic E-state index is 10.4. The molecule has 1 spiro atoms. The number of fused-ring (bicyclic) bond motifs is 7. The van der Waals surface area contributed by atoms with Crippen LogP contribution in [0.4, 0.5) is 0 Å². The molecular weight excluding hydrogens is 388 g/mol. The number of hydrogen-bond donors (Lipinski definition) is 2. The largest absolute Gasteiger partial charge is 0.393 e. The van der Waals surface area contributed by atoms with Gasteiger partial charge in [0.05, 0.1) is 24.4 Å². The Morgan fingerprint density at radius 2 is 1.84 bits per heavy atom. The minimum atomic E-state index is -0.717. The fourth-order valence-corrected chi connectivity index (χ4v) is 9.64. The van der Waals surface area contributed by atoms with Gasteiger partial charge in [-0.25, -0.2) is 0 Å². The molecule has 0 bridgehead atoms. The van der Waals surface area contributed by atoms with Gasteiger partial charge in [0.15, 0.2) is 5.79 Å². The second kappa shape index (κ2) is 6.58. The molecule has 2 saturated heterocycles. The zero-order chi connectivity index (χ0) is 21.8. The van der Waals surface area contributed by atoms with Crippen LogP contribution in [0.25, 0.3) is 0 Å². The SMILES string of the molecule is C[C@H]1[C@H]2[C@H](C[C@H]3[C@@H]4CC=C5C[C@@H](O)CC[C@]5(C)[C@@H]4CC[C@]23C)O[C@]12CC[C@](C)(O)CO2. The average Bonchev–Trinajstić information content (AvgIpc) is 3.16. The molecule has 5 fully saturated rings. The highest BCUT2D eigenvalue weighted by Crippen LogP contribution is 2.70. The van der Waals surface area contributed by atoms with Gasteiger partial charge in [0.2, 0.25) is 0 Å². The van der Waals surface area contributed by atoms with Crippen LogP contribution in [0, 0.1) is 40.4 Å². The standard InChI is InChI=1S/C27H42O4/c1-16-23-22(31-27(16)12-11-24(2,29)15-30-27)14-21-19-6-5-17-13-18(28)7-9-25(17,3)20(19)8-10-26(21,23)4/h5,16,18-23,28-29H,6-15H2,1-4H3/t16-,18-,19+,20+,21-,22-,23-,24-,25-,26-,27+/m0/s1. The van der Waals surface area contributed by atoms with Gasteiger partial charge in [-0.15, -0.1) is 0 Å². The Kier molecular flexibility index (Phi) is 4.49. The second-order valence-corrected chi connectivity index (χ2v) is 13.0. The smallest absolute Gasteiger partial charge is 0.171 e. The van der Waals surface area contributed by atoms with Crippen molar-refractivity contribution in [3.05, 3.63) is 11.6 Å². The van der Waals surface area contributed by atoms with Crippen LogP contribution in [0.1, 0.15) is 85.5 Å². The highest BCUT2D eigenvalue weighted by atomic mass is 16.7. The summed E-state index contributed by atoms with van der Waals surface area (Å²) in [7, 11) is 0. The molecule has 6 aliphatic rings. The molecule has 6 rings (SSSR count). The van der Waals surface area contributed by atoms with Crippen LogP contribution in [0.15, 0.2) is 11.6 Å². The first-order valence-electron chi connectivity index (χ1n) is 13.0. The van der Waals surface area contributed by atoms with Crippen molar-refractivity contribution in [2.45, 2.75) is 109 Å². The van der Waals surface area contributed by atoms with Gasteiger partial charge in [-0.3, -0.25) is 0 Å². The second-order valence-electron chi connectivity index (χ2n) is 13.0. The lowest BCUT2D eigenvalue weighted by Crippen LogP contribution is -2.53. The zero-order valence-corrected chi connectivity index (χ0v) is 19.9. The molecule has 31 heavy (non-hydrogen) atoms. The first-order valence-corrected chi connectivity index (χ1v) is 13.0. The summed E-state index contributed by atoms with van der Waals surface area (Å²) < 4.78 is 13.1. The summed E-state index contributed by atoms with van der Waals surface area (Å²) in [5.74, 6) is 2.72. The lowest BCUT2D eigenvalue weighted by molar-refractivity contribution is -0.293. The summed E-state index contributed by atoms with van der Waals surface area (Å²) in [6.45, 7) is 9.72. The highest BCUT2D eigenvalue weighted by molar-refractivity contribution is 5.26. The molecule has 2 N–H and O–H groups in total. The highest BCUT2D eigenvalue weighted by Gasteiger charge is 2.69. The van der Waals surface area contributed by atoms with Gasteiger partial charge < -0.3 is 19.7 Å². The van der Waals surface area contributed by atoms with Gasteiger partial charge in [0.25, 0.3) is 0 Å². The van der Waals surface area contributed by atoms with Crippen LogP contribution in [-0.4, -0.2) is 40.4 Å². The van der Waals surface area contributed by atoms with Crippen LogP contribution in [0.3, 0.4) is 0 Å². The van der Waals surface area contributed by atoms with Gasteiger partial charge in [0, 0.05) is 12.3 Å². The topological polar surface area (TPSA) is 58.9 Å². The van der Waals surface area contributed by atoms with Crippen LogP contribution in [0.5, 0.6) is 0 Å². The maximum atomic E-state index is 10.4. The van der Waals surface area contributed by atoms with Crippen molar-refractivity contribution < 1.29 is 19.7 Å². The molecule has 0 aromatic rings. The summed E-state index contributed by atoms with van der Waals surface area (Å²) in [4.78, 5) is 0. The third-order valence-corrected chi connectivity index (χ3v) is 11.4. The van der Waals surface area contributed by atoms with E-state index in [1.54, 1.807) is 5.57 Å². The van der Waals surface area contributed by atoms with Crippen molar-refractivity contribution in [2.24, 2.45) is 40.4 Å². The van der Waals surface area contributed by atoms with Gasteiger partial charge in [-0.05, 0) is 92.8 Å². The molecule has 174 valence electrons. The minimum Gasteiger partial charge on any atom is -0.393 e. The Bertz CT molecular complexity index is 778. The lowest BCUT2D eigenvalue weighted by Gasteiger charge is -2.58. The minimum absolute atomic E-state index is 0.128. The van der Waals surface area contributed by atoms with Crippen molar-refractivity contribution in [3.63, 3.8) is 0 Å². The van der Waals surface area contributed by atoms with E-state index < -0.39 is 11.4 Å². The van der Waals surface area contributed by atoms with E-state index in [0.29, 0.717) is 35.4 Å². The summed E-state index contributed by atoms with van der Waals surface area (Å²) in [6, 6.07) is 0. The van der Waals surface area contributed by atoms with E-state index in [0.717, 1.165) is 49.9 Å². The molecule has 0 unspecified atom stereocenters. The Morgan fingerprint density at radius 1 is 1.03 bits per heavy atom. The monoisotopic (exact) mass is 430 g/mol. The number of hydrogen-bond acceptors (Lipinski definition) is 4. The normalized spacial score (nSPS) is 60.7. The number of rotatable bonds is 0. The fourth-order valence-electron chi connectivity index (χ4n) is 9.64. The van der Waals surface area contributed by atoms with Crippen molar-refractivity contribution >= 4 is 0 Å². The summed E-state index contributed by atoms with van der Waals surface area (Å²) in [6.07, 6.45) is 12.3. The third kappa shape index (κ3) is 2.80. The molecule has 4 nitrogen and oxygen atoms in total. The van der Waals surface area contributed by atoms with Crippen molar-refractivity contribution in [2.75, 3.05) is 6.61 Å². The van der Waals surface area contributed by atoms with Crippen molar-refractivity contribution in [1.82, 2.24) is 0 Å². The number of aliphatic hydroxyl groups is 2. The van der Waals surface area contributed by atoms with E-state index in [2.05, 4.69) is 26.8 Å².